The fraction of sp³-hybridized carbons (Fsp3) is 0.400. The lowest BCUT2D eigenvalue weighted by Crippen LogP contribution is -2.31. The maximum Gasteiger partial charge on any atom is 0.305 e. The maximum absolute atomic E-state index is 14.1. The van der Waals surface area contributed by atoms with Crippen LogP contribution in [0.5, 0.6) is 0 Å². The number of rotatable bonds is 12. The van der Waals surface area contributed by atoms with Crippen molar-refractivity contribution in [3.8, 4) is 22.4 Å². The predicted octanol–water partition coefficient (Wildman–Crippen LogP) is 5.06. The van der Waals surface area contributed by atoms with Crippen LogP contribution in [0.3, 0.4) is 0 Å². The third kappa shape index (κ3) is 8.16. The van der Waals surface area contributed by atoms with Crippen LogP contribution >= 0.6 is 0 Å². The second-order valence-electron chi connectivity index (χ2n) is 12.0. The summed E-state index contributed by atoms with van der Waals surface area (Å²) in [4.78, 5) is 31.3. The molecule has 0 radical (unpaired) electrons. The van der Waals surface area contributed by atoms with Crippen molar-refractivity contribution in [1.29, 1.82) is 0 Å². The molecule has 1 aliphatic carbocycles. The minimum Gasteiger partial charge on any atom is -0.481 e. The number of halogens is 1. The molecule has 1 aliphatic rings. The molecule has 8 nitrogen and oxygen atoms in total. The minimum atomic E-state index is -1.19. The molecule has 0 spiro atoms. The van der Waals surface area contributed by atoms with E-state index in [1.54, 1.807) is 24.3 Å². The molecule has 0 saturated carbocycles. The van der Waals surface area contributed by atoms with Gasteiger partial charge in [0.2, 0.25) is 0 Å². The quantitative estimate of drug-likeness (QED) is 0.228. The number of aliphatic hydroxyl groups is 2. The average molecular weight is 604 g/mol. The Balaban J connectivity index is 1.87. The summed E-state index contributed by atoms with van der Waals surface area (Å²) in [5.41, 5.74) is 7.54. The van der Waals surface area contributed by atoms with Crippen LogP contribution in [0, 0.1) is 5.82 Å². The van der Waals surface area contributed by atoms with Crippen molar-refractivity contribution in [2.45, 2.75) is 64.1 Å². The summed E-state index contributed by atoms with van der Waals surface area (Å²) >= 11 is 0. The highest BCUT2D eigenvalue weighted by Gasteiger charge is 2.26. The number of fused-ring (bicyclic) bond motifs is 3. The molecule has 3 aromatic rings. The van der Waals surface area contributed by atoms with Gasteiger partial charge in [-0.15, -0.1) is 0 Å². The van der Waals surface area contributed by atoms with Gasteiger partial charge in [-0.1, -0.05) is 44.2 Å². The fourth-order valence-electron chi connectivity index (χ4n) is 5.63. The normalized spacial score (nSPS) is 14.3. The SMILES string of the molecule is CC(C)c1nc2c(c(-c3ccc(F)cc3)c1C=C[C@@H](O)C[C@@H](O)CC(=O)O)CCCc1ccc(C(=O)NCCN(C)C)cc1-2. The van der Waals surface area contributed by atoms with E-state index in [4.69, 9.17) is 10.1 Å². The molecule has 1 aromatic heterocycles. The number of carboxylic acid groups (broad SMARTS) is 1. The molecule has 0 unspecified atom stereocenters. The van der Waals surface area contributed by atoms with E-state index in [0.717, 1.165) is 64.2 Å². The monoisotopic (exact) mass is 603 g/mol. The smallest absolute Gasteiger partial charge is 0.305 e. The summed E-state index contributed by atoms with van der Waals surface area (Å²) in [6.45, 7) is 5.31. The Kier molecular flexibility index (Phi) is 11.0. The number of carbonyl (C=O) groups excluding carboxylic acids is 1. The molecule has 9 heteroatoms. The van der Waals surface area contributed by atoms with Gasteiger partial charge in [0.15, 0.2) is 0 Å². The molecule has 4 rings (SSSR count). The van der Waals surface area contributed by atoms with Gasteiger partial charge in [0.1, 0.15) is 5.82 Å². The molecular formula is C35H42FN3O5. The summed E-state index contributed by atoms with van der Waals surface area (Å²) < 4.78 is 14.1. The Bertz CT molecular complexity index is 1520. The molecule has 0 aliphatic heterocycles. The summed E-state index contributed by atoms with van der Waals surface area (Å²) in [7, 11) is 3.91. The summed E-state index contributed by atoms with van der Waals surface area (Å²) in [5.74, 6) is -1.67. The van der Waals surface area contributed by atoms with Gasteiger partial charge in [-0.2, -0.15) is 0 Å². The van der Waals surface area contributed by atoms with Crippen molar-refractivity contribution in [1.82, 2.24) is 15.2 Å². The first kappa shape index (κ1) is 33.0. The highest BCUT2D eigenvalue weighted by molar-refractivity contribution is 5.96. The summed E-state index contributed by atoms with van der Waals surface area (Å²) in [6.07, 6.45) is 2.82. The van der Waals surface area contributed by atoms with Crippen molar-refractivity contribution in [3.63, 3.8) is 0 Å². The molecule has 0 fully saturated rings. The minimum absolute atomic E-state index is 0.0295. The highest BCUT2D eigenvalue weighted by atomic mass is 19.1. The van der Waals surface area contributed by atoms with Crippen LogP contribution in [0.25, 0.3) is 28.5 Å². The lowest BCUT2D eigenvalue weighted by molar-refractivity contribution is -0.139. The number of aryl methyl sites for hydroxylation is 1. The Hall–Kier alpha value is -3.92. The van der Waals surface area contributed by atoms with E-state index in [-0.39, 0.29) is 24.1 Å². The van der Waals surface area contributed by atoms with E-state index in [2.05, 4.69) is 5.32 Å². The van der Waals surface area contributed by atoms with Crippen LogP contribution in [0.1, 0.15) is 71.8 Å². The fourth-order valence-corrected chi connectivity index (χ4v) is 5.63. The number of hydrogen-bond acceptors (Lipinski definition) is 6. The topological polar surface area (TPSA) is 123 Å². The number of aliphatic hydroxyl groups excluding tert-OH is 2. The summed E-state index contributed by atoms with van der Waals surface area (Å²) in [6, 6.07) is 12.1. The number of aromatic nitrogens is 1. The number of amides is 1. The van der Waals surface area contributed by atoms with E-state index in [1.807, 2.05) is 51.0 Å². The number of nitrogens with zero attached hydrogens (tertiary/aromatic N) is 2. The van der Waals surface area contributed by atoms with Crippen LogP contribution in [0.4, 0.5) is 4.39 Å². The molecule has 4 N–H and O–H groups in total. The zero-order valence-corrected chi connectivity index (χ0v) is 25.8. The first-order valence-corrected chi connectivity index (χ1v) is 15.1. The van der Waals surface area contributed by atoms with Crippen LogP contribution in [-0.2, 0) is 17.6 Å². The number of likely N-dealkylation sites (N-methyl/N-ethyl adjacent to an activating group) is 1. The Morgan fingerprint density at radius 1 is 1.09 bits per heavy atom. The highest BCUT2D eigenvalue weighted by Crippen LogP contribution is 2.42. The Labute approximate surface area is 258 Å². The van der Waals surface area contributed by atoms with Crippen molar-refractivity contribution < 1.29 is 29.3 Å². The maximum atomic E-state index is 14.1. The molecular weight excluding hydrogens is 561 g/mol. The Morgan fingerprint density at radius 3 is 2.48 bits per heavy atom. The number of carboxylic acids is 1. The predicted molar refractivity (Wildman–Crippen MR) is 170 cm³/mol. The number of hydrogen-bond donors (Lipinski definition) is 4. The van der Waals surface area contributed by atoms with Gasteiger partial charge in [-0.3, -0.25) is 14.6 Å². The lowest BCUT2D eigenvalue weighted by atomic mass is 9.86. The largest absolute Gasteiger partial charge is 0.481 e. The molecule has 0 bridgehead atoms. The van der Waals surface area contributed by atoms with E-state index < -0.39 is 24.6 Å². The third-order valence-corrected chi connectivity index (χ3v) is 7.80. The molecule has 2 atom stereocenters. The first-order chi connectivity index (χ1) is 20.9. The molecule has 44 heavy (non-hydrogen) atoms. The van der Waals surface area contributed by atoms with Crippen LogP contribution in [-0.4, -0.2) is 76.5 Å². The zero-order chi connectivity index (χ0) is 32.0. The van der Waals surface area contributed by atoms with Gasteiger partial charge in [0.25, 0.3) is 5.91 Å². The van der Waals surface area contributed by atoms with Gasteiger partial charge in [0, 0.05) is 36.2 Å². The van der Waals surface area contributed by atoms with Crippen LogP contribution < -0.4 is 5.32 Å². The van der Waals surface area contributed by atoms with E-state index in [1.165, 1.54) is 12.1 Å². The number of pyridine rings is 1. The number of nitrogens with one attached hydrogen (secondary N) is 1. The lowest BCUT2D eigenvalue weighted by Gasteiger charge is -2.22. The number of aliphatic carboxylic acids is 1. The standard InChI is InChI=1S/C35H42FN3O5/c1-21(2)33-29(15-14-26(40)19-27(41)20-31(42)43)32(23-10-12-25(36)13-11-23)28-7-5-6-22-8-9-24(18-30(22)34(28)38-33)35(44)37-16-17-39(3)4/h8-15,18,21,26-27,40-41H,5-7,16-17,19-20H2,1-4H3,(H,37,44)(H,42,43)/t26-,27-/m1/s1. The second kappa shape index (κ2) is 14.7. The van der Waals surface area contributed by atoms with Crippen LogP contribution in [0.2, 0.25) is 0 Å². The van der Waals surface area contributed by atoms with Crippen molar-refractivity contribution in [2.75, 3.05) is 27.2 Å². The van der Waals surface area contributed by atoms with Gasteiger partial charge in [-0.05, 0) is 85.8 Å². The van der Waals surface area contributed by atoms with Gasteiger partial charge in [-0.25, -0.2) is 4.39 Å². The average Bonchev–Trinajstić information content (AvgIpc) is 3.13. The molecule has 1 heterocycles. The van der Waals surface area contributed by atoms with Gasteiger partial charge in [0.05, 0.1) is 30.0 Å². The van der Waals surface area contributed by atoms with Gasteiger partial charge >= 0.3 is 5.97 Å². The molecule has 2 aromatic carbocycles. The van der Waals surface area contributed by atoms with Gasteiger partial charge < -0.3 is 25.5 Å². The zero-order valence-electron chi connectivity index (χ0n) is 25.8. The molecule has 1 amide bonds. The van der Waals surface area contributed by atoms with E-state index >= 15 is 0 Å². The third-order valence-electron chi connectivity index (χ3n) is 7.80. The first-order valence-electron chi connectivity index (χ1n) is 15.1. The number of benzene rings is 2. The van der Waals surface area contributed by atoms with E-state index in [0.29, 0.717) is 18.5 Å². The second-order valence-corrected chi connectivity index (χ2v) is 12.0. The molecule has 0 saturated heterocycles. The number of carbonyl (C=O) groups is 2. The van der Waals surface area contributed by atoms with Crippen molar-refractivity contribution >= 4 is 18.0 Å². The van der Waals surface area contributed by atoms with E-state index in [9.17, 15) is 24.2 Å². The summed E-state index contributed by atoms with van der Waals surface area (Å²) in [5, 5.41) is 32.7. The Morgan fingerprint density at radius 2 is 1.82 bits per heavy atom. The van der Waals surface area contributed by atoms with Crippen molar-refractivity contribution in [2.24, 2.45) is 0 Å². The van der Waals surface area contributed by atoms with Crippen molar-refractivity contribution in [3.05, 3.63) is 82.3 Å². The van der Waals surface area contributed by atoms with Crippen LogP contribution in [0.15, 0.2) is 48.5 Å². The molecule has 234 valence electrons.